The van der Waals surface area contributed by atoms with E-state index in [1.54, 1.807) is 6.07 Å². The van der Waals surface area contributed by atoms with E-state index in [-0.39, 0.29) is 12.6 Å². The van der Waals surface area contributed by atoms with Crippen LogP contribution in [0.4, 0.5) is 0 Å². The van der Waals surface area contributed by atoms with Gasteiger partial charge >= 0.3 is 0 Å². The van der Waals surface area contributed by atoms with E-state index in [4.69, 9.17) is 5.11 Å². The van der Waals surface area contributed by atoms with E-state index in [0.29, 0.717) is 5.69 Å². The molecule has 0 amide bonds. The van der Waals surface area contributed by atoms with Crippen molar-refractivity contribution >= 4 is 0 Å². The van der Waals surface area contributed by atoms with Crippen LogP contribution in [-0.2, 0) is 0 Å². The third-order valence-electron chi connectivity index (χ3n) is 1.73. The Kier molecular flexibility index (Phi) is 2.05. The smallest absolute Gasteiger partial charge is 0.137 e. The maximum Gasteiger partial charge on any atom is 0.137 e. The van der Waals surface area contributed by atoms with Gasteiger partial charge < -0.3 is 9.63 Å². The second kappa shape index (κ2) is 3.36. The van der Waals surface area contributed by atoms with Crippen molar-refractivity contribution in [2.75, 3.05) is 6.61 Å². The molecule has 0 aliphatic carbocycles. The van der Waals surface area contributed by atoms with E-state index in [9.17, 15) is 0 Å². The zero-order valence-corrected chi connectivity index (χ0v) is 6.74. The van der Waals surface area contributed by atoms with E-state index in [1.807, 2.05) is 0 Å². The number of rotatable bonds is 3. The van der Waals surface area contributed by atoms with Crippen LogP contribution in [0.15, 0.2) is 29.5 Å². The van der Waals surface area contributed by atoms with Crippen LogP contribution in [0.5, 0.6) is 0 Å². The molecule has 1 N–H and O–H groups in total. The van der Waals surface area contributed by atoms with Crippen molar-refractivity contribution in [3.8, 4) is 0 Å². The standard InChI is InChI=1S/C7H8N4O2/c12-3-7(6-1-2-13-10-6)11-5-8-4-9-11/h1-2,4-5,7,12H,3H2. The Labute approximate surface area is 73.8 Å². The van der Waals surface area contributed by atoms with E-state index in [0.717, 1.165) is 0 Å². The predicted molar refractivity (Wildman–Crippen MR) is 41.7 cm³/mol. The summed E-state index contributed by atoms with van der Waals surface area (Å²) in [7, 11) is 0. The third-order valence-corrected chi connectivity index (χ3v) is 1.73. The van der Waals surface area contributed by atoms with Gasteiger partial charge in [0.15, 0.2) is 0 Å². The first-order valence-electron chi connectivity index (χ1n) is 3.77. The summed E-state index contributed by atoms with van der Waals surface area (Å²) in [5, 5.41) is 16.7. The van der Waals surface area contributed by atoms with Crippen molar-refractivity contribution in [3.63, 3.8) is 0 Å². The highest BCUT2D eigenvalue weighted by Gasteiger charge is 2.15. The van der Waals surface area contributed by atoms with Crippen LogP contribution < -0.4 is 0 Å². The Morgan fingerprint density at radius 2 is 2.54 bits per heavy atom. The van der Waals surface area contributed by atoms with E-state index in [1.165, 1.54) is 23.6 Å². The van der Waals surface area contributed by atoms with Gasteiger partial charge in [-0.15, -0.1) is 0 Å². The van der Waals surface area contributed by atoms with E-state index < -0.39 is 0 Å². The minimum atomic E-state index is -0.318. The van der Waals surface area contributed by atoms with Gasteiger partial charge in [0.25, 0.3) is 0 Å². The molecule has 0 aliphatic heterocycles. The zero-order valence-electron chi connectivity index (χ0n) is 6.74. The summed E-state index contributed by atoms with van der Waals surface area (Å²) in [5.41, 5.74) is 0.632. The molecule has 0 aliphatic rings. The quantitative estimate of drug-likeness (QED) is 0.710. The molecule has 0 saturated carbocycles. The first-order valence-corrected chi connectivity index (χ1v) is 3.77. The molecule has 0 saturated heterocycles. The number of nitrogens with zero attached hydrogens (tertiary/aromatic N) is 4. The Morgan fingerprint density at radius 3 is 3.08 bits per heavy atom. The average Bonchev–Trinajstić information content (AvgIpc) is 2.76. The molecule has 0 radical (unpaired) electrons. The van der Waals surface area contributed by atoms with Crippen LogP contribution >= 0.6 is 0 Å². The minimum Gasteiger partial charge on any atom is -0.394 e. The van der Waals surface area contributed by atoms with E-state index in [2.05, 4.69) is 19.8 Å². The first-order chi connectivity index (χ1) is 6.42. The lowest BCUT2D eigenvalue weighted by molar-refractivity contribution is 0.233. The van der Waals surface area contributed by atoms with Crippen LogP contribution in [0.2, 0.25) is 0 Å². The Morgan fingerprint density at radius 1 is 1.62 bits per heavy atom. The average molecular weight is 180 g/mol. The van der Waals surface area contributed by atoms with E-state index >= 15 is 0 Å². The molecular formula is C7H8N4O2. The molecule has 2 rings (SSSR count). The van der Waals surface area contributed by atoms with Gasteiger partial charge in [-0.3, -0.25) is 0 Å². The van der Waals surface area contributed by atoms with Gasteiger partial charge in [0.2, 0.25) is 0 Å². The molecule has 0 spiro atoms. The third kappa shape index (κ3) is 1.43. The Hall–Kier alpha value is -1.69. The predicted octanol–water partition coefficient (Wildman–Crippen LogP) is -0.152. The number of aliphatic hydroxyl groups is 1. The molecule has 13 heavy (non-hydrogen) atoms. The fraction of sp³-hybridized carbons (Fsp3) is 0.286. The van der Waals surface area contributed by atoms with Gasteiger partial charge in [-0.05, 0) is 0 Å². The lowest BCUT2D eigenvalue weighted by Gasteiger charge is -2.09. The van der Waals surface area contributed by atoms with Crippen LogP contribution in [0.1, 0.15) is 11.7 Å². The summed E-state index contributed by atoms with van der Waals surface area (Å²) in [6.45, 7) is -0.0874. The molecule has 0 bridgehead atoms. The molecular weight excluding hydrogens is 172 g/mol. The highest BCUT2D eigenvalue weighted by molar-refractivity contribution is 5.03. The fourth-order valence-corrected chi connectivity index (χ4v) is 1.08. The van der Waals surface area contributed by atoms with Crippen LogP contribution in [0, 0.1) is 0 Å². The molecule has 0 aromatic carbocycles. The summed E-state index contributed by atoms with van der Waals surface area (Å²) >= 11 is 0. The number of hydrogen-bond acceptors (Lipinski definition) is 5. The van der Waals surface area contributed by atoms with Gasteiger partial charge in [-0.1, -0.05) is 5.16 Å². The largest absolute Gasteiger partial charge is 0.394 e. The molecule has 1 atom stereocenters. The summed E-state index contributed by atoms with van der Waals surface area (Å²) in [6, 6.07) is 1.36. The second-order valence-corrected chi connectivity index (χ2v) is 2.50. The van der Waals surface area contributed by atoms with Crippen molar-refractivity contribution in [1.82, 2.24) is 19.9 Å². The van der Waals surface area contributed by atoms with Crippen LogP contribution in [0.3, 0.4) is 0 Å². The van der Waals surface area contributed by atoms with Gasteiger partial charge in [-0.2, -0.15) is 5.10 Å². The van der Waals surface area contributed by atoms with Crippen LogP contribution in [-0.4, -0.2) is 31.6 Å². The topological polar surface area (TPSA) is 77.0 Å². The SMILES string of the molecule is OCC(c1ccon1)n1cncn1. The number of aromatic nitrogens is 4. The summed E-state index contributed by atoms with van der Waals surface area (Å²) in [6.07, 6.45) is 4.38. The maximum absolute atomic E-state index is 9.10. The van der Waals surface area contributed by atoms with Crippen LogP contribution in [0.25, 0.3) is 0 Å². The molecule has 0 fully saturated rings. The summed E-state index contributed by atoms with van der Waals surface area (Å²) in [4.78, 5) is 3.78. The van der Waals surface area contributed by atoms with Gasteiger partial charge in [-0.25, -0.2) is 9.67 Å². The number of hydrogen-bond donors (Lipinski definition) is 1. The molecule has 1 unspecified atom stereocenters. The molecule has 2 heterocycles. The van der Waals surface area contributed by atoms with Crippen molar-refractivity contribution in [2.45, 2.75) is 6.04 Å². The first kappa shape index (κ1) is 7.93. The minimum absolute atomic E-state index is 0.0874. The summed E-state index contributed by atoms with van der Waals surface area (Å²) in [5.74, 6) is 0. The van der Waals surface area contributed by atoms with Crippen molar-refractivity contribution in [3.05, 3.63) is 30.7 Å². The van der Waals surface area contributed by atoms with Gasteiger partial charge in [0.05, 0.1) is 6.61 Å². The molecule has 2 aromatic rings. The molecule has 2 aromatic heterocycles. The Bertz CT molecular complexity index is 308. The highest BCUT2D eigenvalue weighted by atomic mass is 16.5. The molecule has 68 valence electrons. The van der Waals surface area contributed by atoms with Gasteiger partial charge in [0, 0.05) is 6.07 Å². The summed E-state index contributed by atoms with van der Waals surface area (Å²) < 4.78 is 6.20. The highest BCUT2D eigenvalue weighted by Crippen LogP contribution is 2.13. The maximum atomic E-state index is 9.10. The van der Waals surface area contributed by atoms with Gasteiger partial charge in [0.1, 0.15) is 30.7 Å². The van der Waals surface area contributed by atoms with Crippen molar-refractivity contribution < 1.29 is 9.63 Å². The second-order valence-electron chi connectivity index (χ2n) is 2.50. The normalized spacial score (nSPS) is 13.0. The van der Waals surface area contributed by atoms with Crippen molar-refractivity contribution in [2.24, 2.45) is 0 Å². The monoisotopic (exact) mass is 180 g/mol. The lowest BCUT2D eigenvalue weighted by atomic mass is 10.2. The number of aliphatic hydroxyl groups excluding tert-OH is 1. The molecule has 6 heteroatoms. The lowest BCUT2D eigenvalue weighted by Crippen LogP contribution is -2.15. The van der Waals surface area contributed by atoms with Crippen molar-refractivity contribution in [1.29, 1.82) is 0 Å². The fourth-order valence-electron chi connectivity index (χ4n) is 1.08. The zero-order chi connectivity index (χ0) is 9.10. The Balaban J connectivity index is 2.29. The molecule has 6 nitrogen and oxygen atoms in total.